The maximum atomic E-state index is 14.0. The first kappa shape index (κ1) is 24.3. The van der Waals surface area contributed by atoms with E-state index >= 15 is 0 Å². The van der Waals surface area contributed by atoms with Crippen LogP contribution in [0.15, 0.2) is 53.6 Å². The van der Waals surface area contributed by atoms with Crippen LogP contribution >= 0.6 is 11.3 Å². The van der Waals surface area contributed by atoms with Gasteiger partial charge in [0.1, 0.15) is 22.2 Å². The third kappa shape index (κ3) is 4.46. The molecule has 0 amide bonds. The number of phenols is 1. The highest BCUT2D eigenvalue weighted by atomic mass is 32.1. The molecule has 0 radical (unpaired) electrons. The minimum Gasteiger partial charge on any atom is -0.506 e. The van der Waals surface area contributed by atoms with Crippen molar-refractivity contribution < 1.29 is 14.6 Å². The zero-order chi connectivity index (χ0) is 26.2. The van der Waals surface area contributed by atoms with E-state index in [9.17, 15) is 9.90 Å². The summed E-state index contributed by atoms with van der Waals surface area (Å²) in [5, 5.41) is 15.1. The van der Waals surface area contributed by atoms with Crippen molar-refractivity contribution in [1.29, 1.82) is 0 Å². The number of rotatable bonds is 9. The van der Waals surface area contributed by atoms with Crippen LogP contribution in [0.1, 0.15) is 29.9 Å². The van der Waals surface area contributed by atoms with Crippen LogP contribution in [0.4, 0.5) is 0 Å². The number of hydrogen-bond donors (Lipinski definition) is 2. The van der Waals surface area contributed by atoms with Crippen molar-refractivity contribution in [2.24, 2.45) is 0 Å². The van der Waals surface area contributed by atoms with Gasteiger partial charge in [-0.05, 0) is 48.6 Å². The molecule has 0 saturated heterocycles. The van der Waals surface area contributed by atoms with E-state index in [-0.39, 0.29) is 11.3 Å². The quantitative estimate of drug-likeness (QED) is 0.269. The fourth-order valence-corrected chi connectivity index (χ4v) is 5.82. The minimum absolute atomic E-state index is 0.117. The molecule has 2 N–H and O–H groups in total. The van der Waals surface area contributed by atoms with Crippen molar-refractivity contribution in [3.8, 4) is 28.9 Å². The van der Waals surface area contributed by atoms with E-state index in [2.05, 4.69) is 21.4 Å². The smallest absolute Gasteiger partial charge is 0.316 e. The van der Waals surface area contributed by atoms with Gasteiger partial charge in [0, 0.05) is 48.5 Å². The SMILES string of the molecule is COc1ccc(-c2nc3sc4c(O)cccc4c3c(=O)n2CCNCc2cnc(OC)nc2)c(C2CC2)c1. The van der Waals surface area contributed by atoms with Crippen LogP contribution in [-0.4, -0.2) is 45.4 Å². The molecule has 1 fully saturated rings. The van der Waals surface area contributed by atoms with Crippen LogP contribution in [0.25, 0.3) is 31.7 Å². The third-order valence-corrected chi connectivity index (χ3v) is 7.94. The van der Waals surface area contributed by atoms with E-state index in [1.807, 2.05) is 18.2 Å². The topological polar surface area (TPSA) is 111 Å². The number of fused-ring (bicyclic) bond motifs is 3. The zero-order valence-corrected chi connectivity index (χ0v) is 21.9. The first-order chi connectivity index (χ1) is 18.6. The Morgan fingerprint density at radius 3 is 2.68 bits per heavy atom. The van der Waals surface area contributed by atoms with Gasteiger partial charge in [-0.3, -0.25) is 9.36 Å². The van der Waals surface area contributed by atoms with Gasteiger partial charge in [0.25, 0.3) is 5.56 Å². The molecule has 0 bridgehead atoms. The lowest BCUT2D eigenvalue weighted by atomic mass is 10.0. The molecule has 6 rings (SSSR count). The number of ether oxygens (including phenoxy) is 2. The maximum Gasteiger partial charge on any atom is 0.316 e. The van der Waals surface area contributed by atoms with Crippen LogP contribution in [0.3, 0.4) is 0 Å². The van der Waals surface area contributed by atoms with Crippen molar-refractivity contribution in [2.75, 3.05) is 20.8 Å². The summed E-state index contributed by atoms with van der Waals surface area (Å²) in [6.45, 7) is 1.50. The van der Waals surface area contributed by atoms with Gasteiger partial charge < -0.3 is 19.9 Å². The zero-order valence-electron chi connectivity index (χ0n) is 21.1. The molecule has 5 aromatic rings. The molecular formula is C28H27N5O4S. The summed E-state index contributed by atoms with van der Waals surface area (Å²) in [5.74, 6) is 2.01. The molecule has 2 aromatic carbocycles. The van der Waals surface area contributed by atoms with E-state index in [0.29, 0.717) is 52.3 Å². The molecule has 3 aromatic heterocycles. The van der Waals surface area contributed by atoms with E-state index in [1.165, 1.54) is 18.4 Å². The molecule has 10 heteroatoms. The first-order valence-electron chi connectivity index (χ1n) is 12.5. The maximum absolute atomic E-state index is 14.0. The highest BCUT2D eigenvalue weighted by Crippen LogP contribution is 2.46. The number of nitrogens with zero attached hydrogens (tertiary/aromatic N) is 4. The summed E-state index contributed by atoms with van der Waals surface area (Å²) in [5.41, 5.74) is 2.89. The number of aromatic nitrogens is 4. The Morgan fingerprint density at radius 2 is 1.95 bits per heavy atom. The number of phenolic OH excluding ortho intramolecular Hbond substituents is 1. The van der Waals surface area contributed by atoms with Gasteiger partial charge >= 0.3 is 6.01 Å². The van der Waals surface area contributed by atoms with Gasteiger partial charge in [-0.1, -0.05) is 12.1 Å². The molecular weight excluding hydrogens is 502 g/mol. The molecule has 1 aliphatic carbocycles. The van der Waals surface area contributed by atoms with E-state index in [1.54, 1.807) is 36.2 Å². The molecule has 3 heterocycles. The number of hydrogen-bond acceptors (Lipinski definition) is 9. The van der Waals surface area contributed by atoms with Gasteiger partial charge in [-0.2, -0.15) is 0 Å². The fourth-order valence-electron chi connectivity index (χ4n) is 4.74. The predicted molar refractivity (Wildman–Crippen MR) is 147 cm³/mol. The van der Waals surface area contributed by atoms with Crippen LogP contribution in [0.5, 0.6) is 17.5 Å². The Bertz CT molecular complexity index is 1690. The second-order valence-electron chi connectivity index (χ2n) is 9.31. The Hall–Kier alpha value is -4.02. The average Bonchev–Trinajstić information content (AvgIpc) is 3.72. The number of nitrogens with one attached hydrogen (secondary N) is 1. The van der Waals surface area contributed by atoms with Crippen LogP contribution in [-0.2, 0) is 13.1 Å². The molecule has 38 heavy (non-hydrogen) atoms. The number of aromatic hydroxyl groups is 1. The van der Waals surface area contributed by atoms with Gasteiger partial charge in [-0.15, -0.1) is 11.3 Å². The van der Waals surface area contributed by atoms with E-state index in [4.69, 9.17) is 14.5 Å². The average molecular weight is 530 g/mol. The Labute approximate surface area is 222 Å². The lowest BCUT2D eigenvalue weighted by Gasteiger charge is -2.16. The molecule has 194 valence electrons. The number of benzene rings is 2. The summed E-state index contributed by atoms with van der Waals surface area (Å²) in [6, 6.07) is 11.6. The number of thiophene rings is 1. The van der Waals surface area contributed by atoms with Gasteiger partial charge in [0.15, 0.2) is 0 Å². The van der Waals surface area contributed by atoms with Crippen molar-refractivity contribution >= 4 is 31.6 Å². The van der Waals surface area contributed by atoms with Gasteiger partial charge in [0.2, 0.25) is 0 Å². The van der Waals surface area contributed by atoms with Crippen molar-refractivity contribution in [1.82, 2.24) is 24.8 Å². The highest BCUT2D eigenvalue weighted by molar-refractivity contribution is 7.25. The molecule has 1 aliphatic rings. The highest BCUT2D eigenvalue weighted by Gasteiger charge is 2.29. The summed E-state index contributed by atoms with van der Waals surface area (Å²) in [4.78, 5) is 28.0. The molecule has 0 atom stereocenters. The standard InChI is InChI=1S/C28H27N5O4S/c1-36-18-8-9-19(21(12-18)17-6-7-17)25-32-26-23(20-4-3-5-22(34)24(20)38-26)27(35)33(25)11-10-29-13-16-14-30-28(37-2)31-15-16/h3-5,8-9,12,14-15,17,29,34H,6-7,10-11,13H2,1-2H3. The number of methoxy groups -OCH3 is 2. The second kappa shape index (κ2) is 10.0. The monoisotopic (exact) mass is 529 g/mol. The third-order valence-electron chi connectivity index (χ3n) is 6.82. The predicted octanol–water partition coefficient (Wildman–Crippen LogP) is 4.46. The van der Waals surface area contributed by atoms with E-state index in [0.717, 1.165) is 40.7 Å². The van der Waals surface area contributed by atoms with Gasteiger partial charge in [0.05, 0.1) is 24.3 Å². The lowest BCUT2D eigenvalue weighted by Crippen LogP contribution is -2.29. The summed E-state index contributed by atoms with van der Waals surface area (Å²) in [7, 11) is 3.19. The molecule has 0 spiro atoms. The second-order valence-corrected chi connectivity index (χ2v) is 10.3. The van der Waals surface area contributed by atoms with Crippen molar-refractivity contribution in [3.63, 3.8) is 0 Å². The first-order valence-corrected chi connectivity index (χ1v) is 13.3. The van der Waals surface area contributed by atoms with Gasteiger partial charge in [-0.25, -0.2) is 15.0 Å². The molecule has 9 nitrogen and oxygen atoms in total. The molecule has 1 saturated carbocycles. The summed E-state index contributed by atoms with van der Waals surface area (Å²) < 4.78 is 12.9. The fraction of sp³-hybridized carbons (Fsp3) is 0.286. The minimum atomic E-state index is -0.117. The largest absolute Gasteiger partial charge is 0.506 e. The van der Waals surface area contributed by atoms with Crippen LogP contribution < -0.4 is 20.3 Å². The van der Waals surface area contributed by atoms with Crippen molar-refractivity contribution in [2.45, 2.75) is 31.8 Å². The van der Waals surface area contributed by atoms with Crippen LogP contribution in [0, 0.1) is 0 Å². The summed E-state index contributed by atoms with van der Waals surface area (Å²) in [6.07, 6.45) is 5.64. The van der Waals surface area contributed by atoms with Crippen molar-refractivity contribution in [3.05, 3.63) is 70.3 Å². The van der Waals surface area contributed by atoms with E-state index < -0.39 is 0 Å². The Kier molecular flexibility index (Phi) is 6.42. The Balaban J connectivity index is 1.41. The normalized spacial score (nSPS) is 13.3. The molecule has 0 aliphatic heterocycles. The lowest BCUT2D eigenvalue weighted by molar-refractivity contribution is 0.379. The summed E-state index contributed by atoms with van der Waals surface area (Å²) >= 11 is 1.35. The Morgan fingerprint density at radius 1 is 1.13 bits per heavy atom. The molecule has 0 unspecified atom stereocenters. The van der Waals surface area contributed by atoms with Crippen LogP contribution in [0.2, 0.25) is 0 Å².